The highest BCUT2D eigenvalue weighted by atomic mass is 19.1. The highest BCUT2D eigenvalue weighted by Crippen LogP contribution is 2.48. The van der Waals surface area contributed by atoms with Crippen LogP contribution in [-0.2, 0) is 9.47 Å². The summed E-state index contributed by atoms with van der Waals surface area (Å²) in [6.45, 7) is 13.1. The molecule has 1 aromatic carbocycles. The number of nitrogens with zero attached hydrogens (tertiary/aromatic N) is 8. The van der Waals surface area contributed by atoms with Crippen LogP contribution in [0, 0.1) is 23.1 Å². The Kier molecular flexibility index (Phi) is 9.38. The Hall–Kier alpha value is -3.32. The average Bonchev–Trinajstić information content (AvgIpc) is 4.08. The molecule has 6 heterocycles. The number of hydrogen-bond acceptors (Lipinski definition) is 11. The topological polar surface area (TPSA) is 102 Å². The summed E-state index contributed by atoms with van der Waals surface area (Å²) in [5.41, 5.74) is 2.61. The lowest BCUT2D eigenvalue weighted by Crippen LogP contribution is -2.64. The van der Waals surface area contributed by atoms with Gasteiger partial charge in [0.1, 0.15) is 24.2 Å². The first-order valence-electron chi connectivity index (χ1n) is 19.8. The number of likely N-dealkylation sites (tertiary alicyclic amines) is 2. The van der Waals surface area contributed by atoms with Crippen LogP contribution in [0.5, 0.6) is 11.6 Å². The van der Waals surface area contributed by atoms with Crippen molar-refractivity contribution in [1.29, 1.82) is 0 Å². The van der Waals surface area contributed by atoms with E-state index in [0.717, 1.165) is 102 Å². The third-order valence-corrected chi connectivity index (χ3v) is 12.6. The van der Waals surface area contributed by atoms with Crippen molar-refractivity contribution in [2.75, 3.05) is 57.3 Å². The number of piperidine rings is 1. The zero-order valence-corrected chi connectivity index (χ0v) is 30.8. The number of hydrogen-bond donors (Lipinski definition) is 0. The number of ether oxygens (including phenoxy) is 3. The van der Waals surface area contributed by atoms with Crippen LogP contribution in [-0.4, -0.2) is 105 Å². The van der Waals surface area contributed by atoms with E-state index in [1.54, 1.807) is 18.6 Å². The molecular formula is C40H53FN8O3. The van der Waals surface area contributed by atoms with Crippen molar-refractivity contribution in [3.8, 4) is 22.8 Å². The summed E-state index contributed by atoms with van der Waals surface area (Å²) in [6, 6.07) is 5.17. The predicted octanol–water partition coefficient (Wildman–Crippen LogP) is 6.46. The Morgan fingerprint density at radius 1 is 0.942 bits per heavy atom. The first kappa shape index (κ1) is 34.4. The molecule has 11 nitrogen and oxygen atoms in total. The lowest BCUT2D eigenvalue weighted by molar-refractivity contribution is -0.201. The number of anilines is 1. The van der Waals surface area contributed by atoms with Crippen LogP contribution in [0.3, 0.4) is 0 Å². The zero-order valence-electron chi connectivity index (χ0n) is 30.8. The molecule has 0 bridgehead atoms. The molecule has 2 saturated carbocycles. The van der Waals surface area contributed by atoms with E-state index in [2.05, 4.69) is 53.7 Å². The minimum atomic E-state index is -0.339. The quantitative estimate of drug-likeness (QED) is 0.207. The number of benzene rings is 1. The molecule has 9 rings (SSSR count). The molecule has 6 aliphatic rings. The first-order chi connectivity index (χ1) is 25.4. The molecule has 2 aromatic heterocycles. The van der Waals surface area contributed by atoms with Gasteiger partial charge in [0.05, 0.1) is 11.3 Å². The minimum absolute atomic E-state index is 0.00652. The second kappa shape index (κ2) is 14.2. The SMILES string of the molecule is CC(C)[C@H](C1CCN(CC2(OC3CCCCO3)CC2)CC1)N1CC2(CCN(c3ncnnc3Oc3ccc(F)cc3-c3cncnc3C3CC3)C2)C1. The maximum atomic E-state index is 14.6. The maximum absolute atomic E-state index is 14.6. The van der Waals surface area contributed by atoms with Crippen molar-refractivity contribution in [1.82, 2.24) is 34.9 Å². The van der Waals surface area contributed by atoms with Crippen molar-refractivity contribution in [3.05, 3.63) is 48.6 Å². The van der Waals surface area contributed by atoms with E-state index in [4.69, 9.17) is 14.2 Å². The fourth-order valence-corrected chi connectivity index (χ4v) is 9.74. The van der Waals surface area contributed by atoms with Crippen molar-refractivity contribution in [2.45, 2.75) is 102 Å². The van der Waals surface area contributed by atoms with Crippen molar-refractivity contribution < 1.29 is 18.6 Å². The molecule has 52 heavy (non-hydrogen) atoms. The fourth-order valence-electron chi connectivity index (χ4n) is 9.74. The Balaban J connectivity index is 0.828. The van der Waals surface area contributed by atoms with Gasteiger partial charge < -0.3 is 24.0 Å². The molecule has 1 unspecified atom stereocenters. The monoisotopic (exact) mass is 712 g/mol. The molecule has 0 N–H and O–H groups in total. The van der Waals surface area contributed by atoms with E-state index >= 15 is 0 Å². The summed E-state index contributed by atoms with van der Waals surface area (Å²) in [7, 11) is 0. The Bertz CT molecular complexity index is 1720. The molecule has 1 spiro atoms. The first-order valence-corrected chi connectivity index (χ1v) is 19.8. The van der Waals surface area contributed by atoms with Crippen LogP contribution in [0.4, 0.5) is 10.2 Å². The number of halogens is 1. The van der Waals surface area contributed by atoms with Gasteiger partial charge in [-0.3, -0.25) is 4.90 Å². The largest absolute Gasteiger partial charge is 0.434 e. The molecule has 0 radical (unpaired) electrons. The third-order valence-electron chi connectivity index (χ3n) is 12.6. The van der Waals surface area contributed by atoms with Crippen LogP contribution in [0.15, 0.2) is 37.1 Å². The summed E-state index contributed by atoms with van der Waals surface area (Å²) in [5, 5.41) is 8.48. The van der Waals surface area contributed by atoms with E-state index in [0.29, 0.717) is 40.9 Å². The van der Waals surface area contributed by atoms with Gasteiger partial charge in [-0.15, -0.1) is 10.2 Å². The van der Waals surface area contributed by atoms with Gasteiger partial charge in [-0.2, -0.15) is 0 Å². The minimum Gasteiger partial charge on any atom is -0.434 e. The van der Waals surface area contributed by atoms with Crippen molar-refractivity contribution in [2.24, 2.45) is 17.3 Å². The highest BCUT2D eigenvalue weighted by Gasteiger charge is 2.52. The van der Waals surface area contributed by atoms with Gasteiger partial charge >= 0.3 is 0 Å². The molecule has 3 aromatic rings. The van der Waals surface area contributed by atoms with Crippen LogP contribution in [0.25, 0.3) is 11.1 Å². The lowest BCUT2D eigenvalue weighted by atomic mass is 9.73. The average molecular weight is 713 g/mol. The second-order valence-electron chi connectivity index (χ2n) is 16.9. The molecule has 2 atom stereocenters. The molecule has 12 heteroatoms. The third kappa shape index (κ3) is 7.15. The molecule has 4 aliphatic heterocycles. The van der Waals surface area contributed by atoms with Gasteiger partial charge in [0.15, 0.2) is 12.1 Å². The predicted molar refractivity (Wildman–Crippen MR) is 195 cm³/mol. The molecule has 4 saturated heterocycles. The van der Waals surface area contributed by atoms with E-state index in [1.807, 2.05) is 0 Å². The van der Waals surface area contributed by atoms with Gasteiger partial charge in [-0.05, 0) is 107 Å². The van der Waals surface area contributed by atoms with E-state index in [-0.39, 0.29) is 23.1 Å². The van der Waals surface area contributed by atoms with E-state index in [1.165, 1.54) is 50.6 Å². The Morgan fingerprint density at radius 2 is 1.79 bits per heavy atom. The van der Waals surface area contributed by atoms with Gasteiger partial charge in [0.25, 0.3) is 5.88 Å². The normalized spacial score (nSPS) is 25.4. The van der Waals surface area contributed by atoms with Gasteiger partial charge in [-0.25, -0.2) is 19.3 Å². The molecule has 6 fully saturated rings. The summed E-state index contributed by atoms with van der Waals surface area (Å²) in [5.74, 6) is 2.88. The summed E-state index contributed by atoms with van der Waals surface area (Å²) < 4.78 is 33.5. The maximum Gasteiger partial charge on any atom is 0.282 e. The van der Waals surface area contributed by atoms with Crippen molar-refractivity contribution in [3.63, 3.8) is 0 Å². The summed E-state index contributed by atoms with van der Waals surface area (Å²) >= 11 is 0. The summed E-state index contributed by atoms with van der Waals surface area (Å²) in [6.07, 6.45) is 16.4. The zero-order chi connectivity index (χ0) is 35.3. The number of rotatable bonds is 12. The van der Waals surface area contributed by atoms with Gasteiger partial charge in [-0.1, -0.05) is 13.8 Å². The fraction of sp³-hybridized carbons (Fsp3) is 0.675. The highest BCUT2D eigenvalue weighted by molar-refractivity contribution is 5.73. The van der Waals surface area contributed by atoms with Crippen LogP contribution in [0.2, 0.25) is 0 Å². The van der Waals surface area contributed by atoms with E-state index < -0.39 is 0 Å². The standard InChI is InChI=1S/C40H53FN8O3/c1-27(2)36(29-10-15-47(16-11-29)24-40(12-13-40)52-34-5-3-4-18-50-34)49-22-39(23-49)14-17-48(21-39)37-38(46-45-26-44-37)51-33-9-8-30(41)19-31(33)32-20-42-25-43-35(32)28-6-7-28/h8-9,19-20,25-29,34,36H,3-7,10-18,21-24H2,1-2H3/t34?,36-/m1/s1. The number of aromatic nitrogens is 5. The lowest BCUT2D eigenvalue weighted by Gasteiger charge is -2.55. The Morgan fingerprint density at radius 3 is 2.54 bits per heavy atom. The second-order valence-corrected chi connectivity index (χ2v) is 16.9. The molecular weight excluding hydrogens is 659 g/mol. The van der Waals surface area contributed by atoms with Gasteiger partial charge in [0, 0.05) is 74.0 Å². The van der Waals surface area contributed by atoms with Crippen LogP contribution < -0.4 is 9.64 Å². The van der Waals surface area contributed by atoms with E-state index in [9.17, 15) is 4.39 Å². The van der Waals surface area contributed by atoms with Crippen molar-refractivity contribution >= 4 is 5.82 Å². The smallest absolute Gasteiger partial charge is 0.282 e. The van der Waals surface area contributed by atoms with Crippen LogP contribution in [0.1, 0.15) is 89.7 Å². The molecule has 2 aliphatic carbocycles. The van der Waals surface area contributed by atoms with Crippen LogP contribution >= 0.6 is 0 Å². The Labute approximate surface area is 306 Å². The molecule has 0 amide bonds. The van der Waals surface area contributed by atoms with Gasteiger partial charge in [0.2, 0.25) is 0 Å². The molecule has 278 valence electrons. The summed E-state index contributed by atoms with van der Waals surface area (Å²) in [4.78, 5) is 21.2.